The SMILES string of the molecule is N#Cc1ccc(N2CCN(C[C@H]3CCCO3)CC2)cc1Cl. The lowest BCUT2D eigenvalue weighted by molar-refractivity contribution is 0.0713. The smallest absolute Gasteiger partial charge is 0.101 e. The summed E-state index contributed by atoms with van der Waals surface area (Å²) in [7, 11) is 0. The van der Waals surface area contributed by atoms with E-state index in [2.05, 4.69) is 15.9 Å². The molecule has 1 atom stereocenters. The first-order valence-electron chi connectivity index (χ1n) is 7.55. The first-order chi connectivity index (χ1) is 10.3. The van der Waals surface area contributed by atoms with Gasteiger partial charge in [-0.15, -0.1) is 0 Å². The van der Waals surface area contributed by atoms with Crippen LogP contribution in [0.1, 0.15) is 18.4 Å². The van der Waals surface area contributed by atoms with Crippen LogP contribution in [-0.4, -0.2) is 50.3 Å². The van der Waals surface area contributed by atoms with Gasteiger partial charge in [0.15, 0.2) is 0 Å². The van der Waals surface area contributed by atoms with Gasteiger partial charge in [0, 0.05) is 45.0 Å². The van der Waals surface area contributed by atoms with Crippen molar-refractivity contribution in [1.82, 2.24) is 4.90 Å². The lowest BCUT2D eigenvalue weighted by Crippen LogP contribution is -2.48. The zero-order chi connectivity index (χ0) is 14.7. The van der Waals surface area contributed by atoms with Gasteiger partial charge in [-0.1, -0.05) is 11.6 Å². The molecule has 3 rings (SSSR count). The van der Waals surface area contributed by atoms with Gasteiger partial charge in [-0.2, -0.15) is 5.26 Å². The van der Waals surface area contributed by atoms with E-state index in [1.807, 2.05) is 12.1 Å². The number of hydrogen-bond acceptors (Lipinski definition) is 4. The molecule has 0 amide bonds. The second-order valence-electron chi connectivity index (χ2n) is 5.70. The van der Waals surface area contributed by atoms with Gasteiger partial charge in [-0.25, -0.2) is 0 Å². The van der Waals surface area contributed by atoms with Crippen molar-refractivity contribution in [3.8, 4) is 6.07 Å². The van der Waals surface area contributed by atoms with E-state index in [1.165, 1.54) is 12.8 Å². The van der Waals surface area contributed by atoms with Gasteiger partial charge in [0.2, 0.25) is 0 Å². The number of hydrogen-bond donors (Lipinski definition) is 0. The standard InChI is InChI=1S/C16H20ClN3O/c17-16-10-14(4-3-13(16)11-18)20-7-5-19(6-8-20)12-15-2-1-9-21-15/h3-4,10,15H,1-2,5-9,12H2/t15-/m1/s1. The second kappa shape index (κ2) is 6.65. The minimum atomic E-state index is 0.431. The van der Waals surface area contributed by atoms with E-state index in [4.69, 9.17) is 21.6 Å². The first kappa shape index (κ1) is 14.6. The van der Waals surface area contributed by atoms with Gasteiger partial charge >= 0.3 is 0 Å². The Morgan fingerprint density at radius 2 is 2.10 bits per heavy atom. The highest BCUT2D eigenvalue weighted by atomic mass is 35.5. The number of benzene rings is 1. The summed E-state index contributed by atoms with van der Waals surface area (Å²) in [6.07, 6.45) is 2.83. The Hall–Kier alpha value is -1.28. The Kier molecular flexibility index (Phi) is 4.64. The van der Waals surface area contributed by atoms with E-state index in [1.54, 1.807) is 6.07 Å². The first-order valence-corrected chi connectivity index (χ1v) is 7.92. The van der Waals surface area contributed by atoms with E-state index in [0.717, 1.165) is 45.0 Å². The summed E-state index contributed by atoms with van der Waals surface area (Å²) in [5.41, 5.74) is 1.65. The summed E-state index contributed by atoms with van der Waals surface area (Å²) in [4.78, 5) is 4.82. The number of rotatable bonds is 3. The molecule has 21 heavy (non-hydrogen) atoms. The molecule has 0 radical (unpaired) electrons. The van der Waals surface area contributed by atoms with E-state index in [-0.39, 0.29) is 0 Å². The molecule has 0 spiro atoms. The molecule has 0 N–H and O–H groups in total. The molecule has 0 aromatic heterocycles. The van der Waals surface area contributed by atoms with Gasteiger partial charge in [-0.05, 0) is 31.0 Å². The average Bonchev–Trinajstić information content (AvgIpc) is 3.01. The highest BCUT2D eigenvalue weighted by Gasteiger charge is 2.23. The fraction of sp³-hybridized carbons (Fsp3) is 0.562. The molecule has 2 fully saturated rings. The van der Waals surface area contributed by atoms with E-state index in [0.29, 0.717) is 16.7 Å². The zero-order valence-electron chi connectivity index (χ0n) is 12.1. The van der Waals surface area contributed by atoms with E-state index < -0.39 is 0 Å². The van der Waals surface area contributed by atoms with Crippen molar-refractivity contribution in [2.24, 2.45) is 0 Å². The van der Waals surface area contributed by atoms with Gasteiger partial charge in [0.25, 0.3) is 0 Å². The van der Waals surface area contributed by atoms with Gasteiger partial charge in [-0.3, -0.25) is 4.90 Å². The molecule has 0 unspecified atom stereocenters. The number of ether oxygens (including phenoxy) is 1. The molecule has 0 bridgehead atoms. The minimum absolute atomic E-state index is 0.431. The van der Waals surface area contributed by atoms with Gasteiger partial charge < -0.3 is 9.64 Å². The molecule has 1 aromatic rings. The van der Waals surface area contributed by atoms with Crippen molar-refractivity contribution >= 4 is 17.3 Å². The van der Waals surface area contributed by atoms with Crippen LogP contribution in [0, 0.1) is 11.3 Å². The molecule has 2 aliphatic heterocycles. The quantitative estimate of drug-likeness (QED) is 0.860. The van der Waals surface area contributed by atoms with Gasteiger partial charge in [0.05, 0.1) is 16.7 Å². The Morgan fingerprint density at radius 3 is 2.71 bits per heavy atom. The molecular weight excluding hydrogens is 286 g/mol. The van der Waals surface area contributed by atoms with Crippen molar-refractivity contribution in [2.45, 2.75) is 18.9 Å². The van der Waals surface area contributed by atoms with Crippen LogP contribution in [0.3, 0.4) is 0 Å². The highest BCUT2D eigenvalue weighted by molar-refractivity contribution is 6.32. The summed E-state index contributed by atoms with van der Waals surface area (Å²) < 4.78 is 5.71. The summed E-state index contributed by atoms with van der Waals surface area (Å²) in [6.45, 7) is 6.08. The average molecular weight is 306 g/mol. The van der Waals surface area contributed by atoms with Crippen LogP contribution in [0.5, 0.6) is 0 Å². The zero-order valence-corrected chi connectivity index (χ0v) is 12.9. The largest absolute Gasteiger partial charge is 0.377 e. The van der Waals surface area contributed by atoms with Crippen molar-refractivity contribution in [3.05, 3.63) is 28.8 Å². The van der Waals surface area contributed by atoms with Crippen LogP contribution in [0.2, 0.25) is 5.02 Å². The summed E-state index contributed by atoms with van der Waals surface area (Å²) in [5.74, 6) is 0. The molecule has 4 nitrogen and oxygen atoms in total. The maximum absolute atomic E-state index is 8.92. The normalized spacial score (nSPS) is 23.2. The molecule has 0 saturated carbocycles. The van der Waals surface area contributed by atoms with Crippen LogP contribution in [0.25, 0.3) is 0 Å². The molecule has 2 aliphatic rings. The predicted molar refractivity (Wildman–Crippen MR) is 83.8 cm³/mol. The molecule has 112 valence electrons. The second-order valence-corrected chi connectivity index (χ2v) is 6.11. The van der Waals surface area contributed by atoms with Crippen molar-refractivity contribution in [3.63, 3.8) is 0 Å². The van der Waals surface area contributed by atoms with Crippen LogP contribution < -0.4 is 4.90 Å². The Bertz CT molecular complexity index is 529. The van der Waals surface area contributed by atoms with Crippen LogP contribution >= 0.6 is 11.6 Å². The van der Waals surface area contributed by atoms with E-state index in [9.17, 15) is 0 Å². The Balaban J connectivity index is 1.55. The number of piperazine rings is 1. The van der Waals surface area contributed by atoms with Crippen LogP contribution in [-0.2, 0) is 4.74 Å². The van der Waals surface area contributed by atoms with Crippen LogP contribution in [0.4, 0.5) is 5.69 Å². The monoisotopic (exact) mass is 305 g/mol. The molecule has 5 heteroatoms. The lowest BCUT2D eigenvalue weighted by Gasteiger charge is -2.37. The highest BCUT2D eigenvalue weighted by Crippen LogP contribution is 2.24. The van der Waals surface area contributed by atoms with E-state index >= 15 is 0 Å². The third-order valence-electron chi connectivity index (χ3n) is 4.30. The Labute approximate surface area is 130 Å². The van der Waals surface area contributed by atoms with Crippen molar-refractivity contribution in [1.29, 1.82) is 5.26 Å². The Morgan fingerprint density at radius 1 is 1.29 bits per heavy atom. The number of nitrogens with zero attached hydrogens (tertiary/aromatic N) is 3. The fourth-order valence-electron chi connectivity index (χ4n) is 3.06. The summed E-state index contributed by atoms with van der Waals surface area (Å²) in [5, 5.41) is 9.46. The minimum Gasteiger partial charge on any atom is -0.377 e. The number of halogens is 1. The molecule has 0 aliphatic carbocycles. The number of anilines is 1. The fourth-order valence-corrected chi connectivity index (χ4v) is 3.27. The summed E-state index contributed by atoms with van der Waals surface area (Å²) in [6, 6.07) is 7.79. The van der Waals surface area contributed by atoms with Crippen molar-refractivity contribution < 1.29 is 4.74 Å². The summed E-state index contributed by atoms with van der Waals surface area (Å²) >= 11 is 6.11. The molecule has 1 aromatic carbocycles. The maximum Gasteiger partial charge on any atom is 0.101 e. The van der Waals surface area contributed by atoms with Crippen molar-refractivity contribution in [2.75, 3.05) is 44.2 Å². The third kappa shape index (κ3) is 3.49. The molecule has 2 heterocycles. The molecular formula is C16H20ClN3O. The maximum atomic E-state index is 8.92. The molecule has 2 saturated heterocycles. The predicted octanol–water partition coefficient (Wildman–Crippen LogP) is 2.51. The lowest BCUT2D eigenvalue weighted by atomic mass is 10.1. The topological polar surface area (TPSA) is 39.5 Å². The number of nitriles is 1. The third-order valence-corrected chi connectivity index (χ3v) is 4.61. The van der Waals surface area contributed by atoms with Crippen LogP contribution in [0.15, 0.2) is 18.2 Å². The van der Waals surface area contributed by atoms with Gasteiger partial charge in [0.1, 0.15) is 6.07 Å².